The SMILES string of the molecule is Cc1ccc(S(=O)(=O)c2ccccc2)cc1S(=O)(=O)Nc1ccc(C(=O)O)cc1. The second kappa shape index (κ2) is 7.69. The lowest BCUT2D eigenvalue weighted by atomic mass is 10.2. The van der Waals surface area contributed by atoms with Crippen molar-refractivity contribution < 1.29 is 26.7 Å². The molecule has 0 aliphatic rings. The molecule has 0 saturated heterocycles. The zero-order valence-corrected chi connectivity index (χ0v) is 16.9. The maximum Gasteiger partial charge on any atom is 0.335 e. The lowest BCUT2D eigenvalue weighted by molar-refractivity contribution is 0.0697. The van der Waals surface area contributed by atoms with Crippen molar-refractivity contribution in [2.45, 2.75) is 21.6 Å². The van der Waals surface area contributed by atoms with E-state index in [1.54, 1.807) is 25.1 Å². The number of anilines is 1. The minimum Gasteiger partial charge on any atom is -0.478 e. The first kappa shape index (κ1) is 20.6. The first-order valence-electron chi connectivity index (χ1n) is 8.38. The van der Waals surface area contributed by atoms with Crippen molar-refractivity contribution in [3.8, 4) is 0 Å². The fraction of sp³-hybridized carbons (Fsp3) is 0.0500. The topological polar surface area (TPSA) is 118 Å². The Balaban J connectivity index is 2.00. The molecule has 3 aromatic rings. The molecule has 150 valence electrons. The van der Waals surface area contributed by atoms with Gasteiger partial charge < -0.3 is 5.11 Å². The summed E-state index contributed by atoms with van der Waals surface area (Å²) in [5, 5.41) is 8.93. The van der Waals surface area contributed by atoms with Gasteiger partial charge in [-0.15, -0.1) is 0 Å². The third-order valence-corrected chi connectivity index (χ3v) is 7.49. The molecule has 2 N–H and O–H groups in total. The van der Waals surface area contributed by atoms with Crippen molar-refractivity contribution >= 4 is 31.5 Å². The second-order valence-corrected chi connectivity index (χ2v) is 9.83. The van der Waals surface area contributed by atoms with Crippen molar-refractivity contribution in [1.29, 1.82) is 0 Å². The van der Waals surface area contributed by atoms with Crippen LogP contribution in [-0.4, -0.2) is 27.9 Å². The number of sulfonamides is 1. The minimum absolute atomic E-state index is 0.0140. The number of hydrogen-bond acceptors (Lipinski definition) is 5. The Bertz CT molecular complexity index is 1270. The lowest BCUT2D eigenvalue weighted by Gasteiger charge is -2.13. The van der Waals surface area contributed by atoms with Gasteiger partial charge >= 0.3 is 5.97 Å². The highest BCUT2D eigenvalue weighted by Gasteiger charge is 2.23. The Hall–Kier alpha value is -3.17. The molecular formula is C20H17NO6S2. The third kappa shape index (κ3) is 4.30. The Morgan fingerprint density at radius 3 is 2.03 bits per heavy atom. The van der Waals surface area contributed by atoms with Gasteiger partial charge in [-0.05, 0) is 61.0 Å². The van der Waals surface area contributed by atoms with E-state index in [1.165, 1.54) is 48.5 Å². The third-order valence-electron chi connectivity index (χ3n) is 4.20. The Labute approximate surface area is 168 Å². The molecule has 0 spiro atoms. The molecule has 29 heavy (non-hydrogen) atoms. The average Bonchev–Trinajstić information content (AvgIpc) is 2.68. The molecular weight excluding hydrogens is 414 g/mol. The number of aromatic carboxylic acids is 1. The van der Waals surface area contributed by atoms with Crippen LogP contribution in [0.2, 0.25) is 0 Å². The zero-order chi connectivity index (χ0) is 21.2. The van der Waals surface area contributed by atoms with E-state index in [2.05, 4.69) is 4.72 Å². The molecule has 0 bridgehead atoms. The smallest absolute Gasteiger partial charge is 0.335 e. The van der Waals surface area contributed by atoms with Crippen LogP contribution < -0.4 is 4.72 Å². The summed E-state index contributed by atoms with van der Waals surface area (Å²) in [5.41, 5.74) is 0.539. The Morgan fingerprint density at radius 2 is 1.45 bits per heavy atom. The van der Waals surface area contributed by atoms with Gasteiger partial charge in [-0.2, -0.15) is 0 Å². The van der Waals surface area contributed by atoms with E-state index < -0.39 is 25.8 Å². The molecule has 0 radical (unpaired) electrons. The van der Waals surface area contributed by atoms with Gasteiger partial charge in [-0.25, -0.2) is 21.6 Å². The summed E-state index contributed by atoms with van der Waals surface area (Å²) < 4.78 is 53.6. The number of benzene rings is 3. The van der Waals surface area contributed by atoms with Crippen molar-refractivity contribution in [3.05, 3.63) is 83.9 Å². The van der Waals surface area contributed by atoms with Gasteiger partial charge in [0.1, 0.15) is 0 Å². The van der Waals surface area contributed by atoms with E-state index in [1.807, 2.05) is 0 Å². The van der Waals surface area contributed by atoms with Crippen LogP contribution in [-0.2, 0) is 19.9 Å². The van der Waals surface area contributed by atoms with Crippen molar-refractivity contribution in [2.75, 3.05) is 4.72 Å². The number of sulfone groups is 1. The van der Waals surface area contributed by atoms with Gasteiger partial charge in [0, 0.05) is 5.69 Å². The molecule has 3 aromatic carbocycles. The minimum atomic E-state index is -4.10. The van der Waals surface area contributed by atoms with Gasteiger partial charge in [0.25, 0.3) is 10.0 Å². The van der Waals surface area contributed by atoms with Gasteiger partial charge in [-0.3, -0.25) is 4.72 Å². The normalized spacial score (nSPS) is 11.8. The van der Waals surface area contributed by atoms with E-state index in [9.17, 15) is 21.6 Å². The zero-order valence-electron chi connectivity index (χ0n) is 15.2. The average molecular weight is 431 g/mol. The van der Waals surface area contributed by atoms with E-state index in [4.69, 9.17) is 5.11 Å². The summed E-state index contributed by atoms with van der Waals surface area (Å²) >= 11 is 0. The molecule has 0 aliphatic carbocycles. The largest absolute Gasteiger partial charge is 0.478 e. The van der Waals surface area contributed by atoms with Gasteiger partial charge in [0.15, 0.2) is 0 Å². The van der Waals surface area contributed by atoms with Gasteiger partial charge in [0.05, 0.1) is 20.2 Å². The first-order valence-corrected chi connectivity index (χ1v) is 11.3. The van der Waals surface area contributed by atoms with Crippen LogP contribution in [0.3, 0.4) is 0 Å². The standard InChI is InChI=1S/C20H17NO6S2/c1-14-7-12-18(28(24,25)17-5-3-2-4-6-17)13-19(14)29(26,27)21-16-10-8-15(9-11-16)20(22)23/h2-13,21H,1H3,(H,22,23). The summed E-state index contributed by atoms with van der Waals surface area (Å²) in [6.07, 6.45) is 0. The molecule has 7 nitrogen and oxygen atoms in total. The number of nitrogens with one attached hydrogen (secondary N) is 1. The second-order valence-electron chi connectivity index (χ2n) is 6.23. The number of aryl methyl sites for hydroxylation is 1. The molecule has 0 aromatic heterocycles. The molecule has 0 atom stereocenters. The fourth-order valence-corrected chi connectivity index (χ4v) is 5.38. The number of carboxylic acids is 1. The van der Waals surface area contributed by atoms with Crippen LogP contribution in [0.25, 0.3) is 0 Å². The van der Waals surface area contributed by atoms with E-state index in [-0.39, 0.29) is 25.9 Å². The van der Waals surface area contributed by atoms with Crippen LogP contribution in [0, 0.1) is 6.92 Å². The van der Waals surface area contributed by atoms with Crippen LogP contribution in [0.15, 0.2) is 87.5 Å². The predicted molar refractivity (Wildman–Crippen MR) is 107 cm³/mol. The Morgan fingerprint density at radius 1 is 0.828 bits per heavy atom. The van der Waals surface area contributed by atoms with E-state index in [0.717, 1.165) is 6.07 Å². The highest BCUT2D eigenvalue weighted by atomic mass is 32.2. The number of hydrogen-bond donors (Lipinski definition) is 2. The fourth-order valence-electron chi connectivity index (χ4n) is 2.66. The van der Waals surface area contributed by atoms with Crippen LogP contribution >= 0.6 is 0 Å². The predicted octanol–water partition coefficient (Wildman–Crippen LogP) is 3.33. The number of carbonyl (C=O) groups is 1. The quantitative estimate of drug-likeness (QED) is 0.618. The summed E-state index contributed by atoms with van der Waals surface area (Å²) in [4.78, 5) is 10.6. The monoisotopic (exact) mass is 431 g/mol. The maximum atomic E-state index is 12.8. The Kier molecular flexibility index (Phi) is 5.45. The summed E-state index contributed by atoms with van der Waals surface area (Å²) in [6.45, 7) is 1.56. The van der Waals surface area contributed by atoms with E-state index in [0.29, 0.717) is 5.56 Å². The molecule has 9 heteroatoms. The maximum absolute atomic E-state index is 12.8. The molecule has 0 fully saturated rings. The van der Waals surface area contributed by atoms with Crippen LogP contribution in [0.5, 0.6) is 0 Å². The highest BCUT2D eigenvalue weighted by molar-refractivity contribution is 7.93. The van der Waals surface area contributed by atoms with Crippen molar-refractivity contribution in [2.24, 2.45) is 0 Å². The molecule has 3 rings (SSSR count). The van der Waals surface area contributed by atoms with Gasteiger partial charge in [-0.1, -0.05) is 24.3 Å². The van der Waals surface area contributed by atoms with Crippen molar-refractivity contribution in [3.63, 3.8) is 0 Å². The van der Waals surface area contributed by atoms with Crippen molar-refractivity contribution in [1.82, 2.24) is 0 Å². The molecule has 0 saturated carbocycles. The lowest BCUT2D eigenvalue weighted by Crippen LogP contribution is -2.15. The summed E-state index contributed by atoms with van der Waals surface area (Å²) in [7, 11) is -7.99. The molecule has 0 heterocycles. The van der Waals surface area contributed by atoms with Crippen LogP contribution in [0.1, 0.15) is 15.9 Å². The molecule has 0 amide bonds. The highest BCUT2D eigenvalue weighted by Crippen LogP contribution is 2.26. The molecule has 0 unspecified atom stereocenters. The first-order chi connectivity index (χ1) is 13.6. The van der Waals surface area contributed by atoms with Gasteiger partial charge in [0.2, 0.25) is 9.84 Å². The number of rotatable bonds is 6. The van der Waals surface area contributed by atoms with E-state index >= 15 is 0 Å². The summed E-state index contributed by atoms with van der Waals surface area (Å²) in [5.74, 6) is -1.13. The molecule has 0 aliphatic heterocycles. The number of carboxylic acid groups (broad SMARTS) is 1. The van der Waals surface area contributed by atoms with Crippen LogP contribution in [0.4, 0.5) is 5.69 Å². The summed E-state index contributed by atoms with van der Waals surface area (Å²) in [6, 6.07) is 16.8.